The number of aliphatic hydroxyl groups excluding tert-OH is 3. The lowest BCUT2D eigenvalue weighted by Crippen LogP contribution is -2.62. The summed E-state index contributed by atoms with van der Waals surface area (Å²) in [6.45, 7) is -1.59. The highest BCUT2D eigenvalue weighted by atomic mass is 35.5. The average molecular weight is 314 g/mol. The molecule has 2 rings (SSSR count). The van der Waals surface area contributed by atoms with Gasteiger partial charge < -0.3 is 20.6 Å². The highest BCUT2D eigenvalue weighted by Gasteiger charge is 2.48. The fourth-order valence-corrected chi connectivity index (χ4v) is 2.78. The van der Waals surface area contributed by atoms with Crippen molar-refractivity contribution >= 4 is 17.5 Å². The first-order chi connectivity index (χ1) is 10.0. The molecule has 4 N–H and O–H groups in total. The van der Waals surface area contributed by atoms with Gasteiger partial charge in [-0.15, -0.1) is 0 Å². The zero-order valence-electron chi connectivity index (χ0n) is 11.7. The van der Waals surface area contributed by atoms with E-state index in [4.69, 9.17) is 11.6 Å². The molecule has 1 saturated carbocycles. The Morgan fingerprint density at radius 1 is 1.24 bits per heavy atom. The Morgan fingerprint density at radius 2 is 1.86 bits per heavy atom. The molecule has 0 bridgehead atoms. The highest BCUT2D eigenvalue weighted by Crippen LogP contribution is 2.44. The molecular weight excluding hydrogens is 294 g/mol. The fraction of sp³-hybridized carbons (Fsp3) is 0.533. The normalized spacial score (nSPS) is 17.1. The van der Waals surface area contributed by atoms with Gasteiger partial charge in [-0.2, -0.15) is 0 Å². The summed E-state index contributed by atoms with van der Waals surface area (Å²) in [7, 11) is 0. The number of carbonyl (C=O) groups excluding carboxylic acids is 1. The number of nitrogens with one attached hydrogen (secondary N) is 1. The van der Waals surface area contributed by atoms with E-state index in [9.17, 15) is 20.1 Å². The highest BCUT2D eigenvalue weighted by molar-refractivity contribution is 6.30. The van der Waals surface area contributed by atoms with Gasteiger partial charge in [-0.1, -0.05) is 30.2 Å². The molecule has 0 aromatic heterocycles. The quantitative estimate of drug-likeness (QED) is 0.619. The van der Waals surface area contributed by atoms with Crippen LogP contribution in [0.3, 0.4) is 0 Å². The van der Waals surface area contributed by atoms with Crippen LogP contribution in [-0.4, -0.2) is 46.6 Å². The second kappa shape index (κ2) is 6.32. The molecule has 0 aliphatic heterocycles. The van der Waals surface area contributed by atoms with E-state index in [1.54, 1.807) is 18.2 Å². The van der Waals surface area contributed by atoms with Crippen LogP contribution in [0.2, 0.25) is 5.02 Å². The molecule has 0 saturated heterocycles. The van der Waals surface area contributed by atoms with Gasteiger partial charge in [0.1, 0.15) is 5.54 Å². The van der Waals surface area contributed by atoms with Crippen LogP contribution in [0.4, 0.5) is 0 Å². The van der Waals surface area contributed by atoms with Crippen molar-refractivity contribution in [3.63, 3.8) is 0 Å². The van der Waals surface area contributed by atoms with Crippen LogP contribution in [0, 0.1) is 0 Å². The second-order valence-corrected chi connectivity index (χ2v) is 6.09. The maximum atomic E-state index is 12.7. The molecule has 5 nitrogen and oxygen atoms in total. The predicted molar refractivity (Wildman–Crippen MR) is 79.1 cm³/mol. The Kier molecular flexibility index (Phi) is 4.88. The lowest BCUT2D eigenvalue weighted by atomic mass is 9.63. The van der Waals surface area contributed by atoms with E-state index in [1.807, 2.05) is 6.07 Å². The van der Waals surface area contributed by atoms with E-state index in [1.165, 1.54) is 0 Å². The molecule has 0 atom stereocenters. The summed E-state index contributed by atoms with van der Waals surface area (Å²) in [5.74, 6) is -0.298. The van der Waals surface area contributed by atoms with E-state index in [2.05, 4.69) is 5.32 Å². The van der Waals surface area contributed by atoms with Gasteiger partial charge in [0.15, 0.2) is 0 Å². The SMILES string of the molecule is O=C(NC(CO)(CO)CO)C1(c2cccc(Cl)c2)CCC1. The molecular formula is C15H20ClNO4. The molecule has 1 aromatic carbocycles. The van der Waals surface area contributed by atoms with E-state index >= 15 is 0 Å². The summed E-state index contributed by atoms with van der Waals surface area (Å²) in [5, 5.41) is 31.2. The van der Waals surface area contributed by atoms with E-state index in [0.29, 0.717) is 17.9 Å². The van der Waals surface area contributed by atoms with Crippen molar-refractivity contribution < 1.29 is 20.1 Å². The average Bonchev–Trinajstić information content (AvgIpc) is 2.44. The topological polar surface area (TPSA) is 89.8 Å². The summed E-state index contributed by atoms with van der Waals surface area (Å²) < 4.78 is 0. The molecule has 0 spiro atoms. The number of carbonyl (C=O) groups is 1. The summed E-state index contributed by atoms with van der Waals surface area (Å²) in [6, 6.07) is 7.15. The molecule has 0 radical (unpaired) electrons. The maximum Gasteiger partial charge on any atom is 0.231 e. The first kappa shape index (κ1) is 16.2. The zero-order chi connectivity index (χ0) is 15.5. The molecule has 6 heteroatoms. The molecule has 0 heterocycles. The Balaban J connectivity index is 2.27. The third-order valence-corrected chi connectivity index (χ3v) is 4.54. The lowest BCUT2D eigenvalue weighted by Gasteiger charge is -2.43. The van der Waals surface area contributed by atoms with Gasteiger partial charge in [-0.05, 0) is 30.5 Å². The predicted octanol–water partition coefficient (Wildman–Crippen LogP) is 0.594. The van der Waals surface area contributed by atoms with E-state index in [-0.39, 0.29) is 5.91 Å². The van der Waals surface area contributed by atoms with Gasteiger partial charge in [0.2, 0.25) is 5.91 Å². The standard InChI is InChI=1S/C15H20ClNO4/c16-12-4-1-3-11(7-12)15(5-2-6-15)13(21)17-14(8-18,9-19)10-20/h1,3-4,7,18-20H,2,5-6,8-10H2,(H,17,21). The fourth-order valence-electron chi connectivity index (χ4n) is 2.59. The van der Waals surface area contributed by atoms with Crippen LogP contribution in [0.1, 0.15) is 24.8 Å². The number of aliphatic hydroxyl groups is 3. The van der Waals surface area contributed by atoms with Crippen molar-refractivity contribution in [2.24, 2.45) is 0 Å². The minimum Gasteiger partial charge on any atom is -0.394 e. The zero-order valence-corrected chi connectivity index (χ0v) is 12.4. The van der Waals surface area contributed by atoms with Gasteiger partial charge in [0.25, 0.3) is 0 Å². The molecule has 116 valence electrons. The molecule has 1 aliphatic carbocycles. The molecule has 1 aliphatic rings. The smallest absolute Gasteiger partial charge is 0.231 e. The Bertz CT molecular complexity index is 504. The lowest BCUT2D eigenvalue weighted by molar-refractivity contribution is -0.134. The molecule has 1 fully saturated rings. The number of rotatable bonds is 6. The van der Waals surface area contributed by atoms with Crippen LogP contribution < -0.4 is 5.32 Å². The molecule has 1 amide bonds. The van der Waals surface area contributed by atoms with Crippen LogP contribution >= 0.6 is 11.6 Å². The minimum atomic E-state index is -1.40. The number of benzene rings is 1. The van der Waals surface area contributed by atoms with Crippen LogP contribution in [0.5, 0.6) is 0 Å². The summed E-state index contributed by atoms with van der Waals surface area (Å²) in [6.07, 6.45) is 2.28. The van der Waals surface area contributed by atoms with Crippen molar-refractivity contribution in [1.82, 2.24) is 5.32 Å². The van der Waals surface area contributed by atoms with Crippen molar-refractivity contribution in [2.45, 2.75) is 30.2 Å². The van der Waals surface area contributed by atoms with Gasteiger partial charge >= 0.3 is 0 Å². The number of hydrogen-bond acceptors (Lipinski definition) is 4. The van der Waals surface area contributed by atoms with Gasteiger partial charge in [0, 0.05) is 5.02 Å². The Labute approximate surface area is 128 Å². The van der Waals surface area contributed by atoms with Crippen molar-refractivity contribution in [1.29, 1.82) is 0 Å². The number of amides is 1. The van der Waals surface area contributed by atoms with Crippen LogP contribution in [-0.2, 0) is 10.2 Å². The molecule has 21 heavy (non-hydrogen) atoms. The second-order valence-electron chi connectivity index (χ2n) is 5.65. The van der Waals surface area contributed by atoms with Gasteiger partial charge in [-0.25, -0.2) is 0 Å². The van der Waals surface area contributed by atoms with Gasteiger partial charge in [0.05, 0.1) is 25.2 Å². The van der Waals surface area contributed by atoms with E-state index in [0.717, 1.165) is 12.0 Å². The Hall–Kier alpha value is -1.14. The minimum absolute atomic E-state index is 0.298. The van der Waals surface area contributed by atoms with Crippen molar-refractivity contribution in [2.75, 3.05) is 19.8 Å². The third kappa shape index (κ3) is 2.92. The first-order valence-electron chi connectivity index (χ1n) is 6.93. The van der Waals surface area contributed by atoms with Crippen LogP contribution in [0.15, 0.2) is 24.3 Å². The van der Waals surface area contributed by atoms with Crippen molar-refractivity contribution in [3.8, 4) is 0 Å². The largest absolute Gasteiger partial charge is 0.394 e. The number of halogens is 1. The number of hydrogen-bond donors (Lipinski definition) is 4. The molecule has 1 aromatic rings. The molecule has 0 unspecified atom stereocenters. The van der Waals surface area contributed by atoms with Crippen LogP contribution in [0.25, 0.3) is 0 Å². The summed E-state index contributed by atoms with van der Waals surface area (Å²) in [5.41, 5.74) is -1.28. The summed E-state index contributed by atoms with van der Waals surface area (Å²) in [4.78, 5) is 12.7. The first-order valence-corrected chi connectivity index (χ1v) is 7.31. The van der Waals surface area contributed by atoms with Gasteiger partial charge in [-0.3, -0.25) is 4.79 Å². The third-order valence-electron chi connectivity index (χ3n) is 4.31. The van der Waals surface area contributed by atoms with Crippen molar-refractivity contribution in [3.05, 3.63) is 34.9 Å². The Morgan fingerprint density at radius 3 is 2.29 bits per heavy atom. The van der Waals surface area contributed by atoms with E-state index < -0.39 is 30.8 Å². The monoisotopic (exact) mass is 313 g/mol. The summed E-state index contributed by atoms with van der Waals surface area (Å²) >= 11 is 6.00. The maximum absolute atomic E-state index is 12.7.